The van der Waals surface area contributed by atoms with E-state index >= 15 is 0 Å². The van der Waals surface area contributed by atoms with Gasteiger partial charge in [0, 0.05) is 36.7 Å². The fourth-order valence-electron chi connectivity index (χ4n) is 3.14. The van der Waals surface area contributed by atoms with Gasteiger partial charge < -0.3 is 11.1 Å². The number of carbonyl (C=O) groups is 2. The van der Waals surface area contributed by atoms with E-state index in [0.29, 0.717) is 29.9 Å². The van der Waals surface area contributed by atoms with Gasteiger partial charge in [-0.2, -0.15) is 10.2 Å². The molecule has 26 heavy (non-hydrogen) atoms. The minimum absolute atomic E-state index is 0.276. The molecule has 1 aliphatic rings. The molecule has 9 nitrogen and oxygen atoms in total. The van der Waals surface area contributed by atoms with Gasteiger partial charge in [0.25, 0.3) is 5.91 Å². The largest absolute Gasteiger partial charge is 0.351 e. The van der Waals surface area contributed by atoms with Crippen LogP contribution in [0.1, 0.15) is 15.9 Å². The fourth-order valence-corrected chi connectivity index (χ4v) is 3.14. The summed E-state index contributed by atoms with van der Waals surface area (Å²) in [7, 11) is 1.81. The van der Waals surface area contributed by atoms with Crippen molar-refractivity contribution in [1.29, 1.82) is 0 Å². The maximum atomic E-state index is 12.7. The van der Waals surface area contributed by atoms with Crippen LogP contribution < -0.4 is 16.0 Å². The topological polar surface area (TPSA) is 122 Å². The first-order chi connectivity index (χ1) is 12.5. The number of aryl methyl sites for hydroxylation is 1. The van der Waals surface area contributed by atoms with Gasteiger partial charge in [-0.3, -0.25) is 19.5 Å². The van der Waals surface area contributed by atoms with Gasteiger partial charge in [0.2, 0.25) is 0 Å². The van der Waals surface area contributed by atoms with E-state index in [9.17, 15) is 9.59 Å². The lowest BCUT2D eigenvalue weighted by atomic mass is 10.1. The van der Waals surface area contributed by atoms with Crippen LogP contribution in [0.3, 0.4) is 0 Å². The molecule has 0 unspecified atom stereocenters. The van der Waals surface area contributed by atoms with Gasteiger partial charge in [0.05, 0.1) is 23.7 Å². The molecule has 0 fully saturated rings. The zero-order chi connectivity index (χ0) is 18.3. The Kier molecular flexibility index (Phi) is 3.68. The maximum Gasteiger partial charge on any atom is 0.319 e. The Bertz CT molecular complexity index is 1000. The van der Waals surface area contributed by atoms with Crippen molar-refractivity contribution in [2.45, 2.75) is 6.42 Å². The standard InChI is InChI=1S/C17H17N7O2/c1-23-9-11(7-20-23)15-13(8-19-22-15)16(25)21-12-2-3-14-10(6-12)4-5-24(14)17(18)26/h2-3,6-9H,4-5H2,1H3,(H2,18,26)(H,19,22)(H,21,25). The lowest BCUT2D eigenvalue weighted by molar-refractivity contribution is 0.102. The van der Waals surface area contributed by atoms with Gasteiger partial charge in [-0.25, -0.2) is 4.79 Å². The number of nitrogens with one attached hydrogen (secondary N) is 2. The molecule has 0 bridgehead atoms. The highest BCUT2D eigenvalue weighted by molar-refractivity contribution is 6.08. The van der Waals surface area contributed by atoms with Crippen molar-refractivity contribution in [2.24, 2.45) is 12.8 Å². The molecule has 1 aliphatic heterocycles. The predicted octanol–water partition coefficient (Wildman–Crippen LogP) is 1.50. The Morgan fingerprint density at radius 1 is 1.31 bits per heavy atom. The molecule has 0 atom stereocenters. The SMILES string of the molecule is Cn1cc(-c2[nH]ncc2C(=O)Nc2ccc3c(c2)CCN3C(N)=O)cn1. The van der Waals surface area contributed by atoms with Crippen LogP contribution in [-0.2, 0) is 13.5 Å². The second-order valence-electron chi connectivity index (χ2n) is 6.10. The number of rotatable bonds is 3. The molecule has 9 heteroatoms. The lowest BCUT2D eigenvalue weighted by Crippen LogP contribution is -2.33. The first kappa shape index (κ1) is 15.9. The van der Waals surface area contributed by atoms with Crippen molar-refractivity contribution in [3.63, 3.8) is 0 Å². The highest BCUT2D eigenvalue weighted by atomic mass is 16.2. The summed E-state index contributed by atoms with van der Waals surface area (Å²) in [6, 6.07) is 4.93. The highest BCUT2D eigenvalue weighted by Gasteiger charge is 2.23. The molecular formula is C17H17N7O2. The third kappa shape index (κ3) is 2.69. The number of amides is 3. The van der Waals surface area contributed by atoms with Crippen LogP contribution in [-0.4, -0.2) is 38.5 Å². The van der Waals surface area contributed by atoms with Crippen molar-refractivity contribution in [1.82, 2.24) is 20.0 Å². The second-order valence-corrected chi connectivity index (χ2v) is 6.10. The van der Waals surface area contributed by atoms with Crippen LogP contribution in [0.25, 0.3) is 11.3 Å². The molecule has 0 saturated heterocycles. The Morgan fingerprint density at radius 2 is 2.15 bits per heavy atom. The minimum atomic E-state index is -0.472. The molecule has 3 aromatic rings. The zero-order valence-electron chi connectivity index (χ0n) is 14.1. The van der Waals surface area contributed by atoms with Crippen LogP contribution in [0.4, 0.5) is 16.2 Å². The van der Waals surface area contributed by atoms with E-state index in [1.165, 1.54) is 11.1 Å². The van der Waals surface area contributed by atoms with Crippen LogP contribution in [0.15, 0.2) is 36.8 Å². The summed E-state index contributed by atoms with van der Waals surface area (Å²) in [5.74, 6) is -0.276. The van der Waals surface area contributed by atoms with Crippen LogP contribution >= 0.6 is 0 Å². The van der Waals surface area contributed by atoms with Crippen molar-refractivity contribution in [3.8, 4) is 11.3 Å². The number of primary amides is 1. The average molecular weight is 351 g/mol. The Hall–Kier alpha value is -3.62. The highest BCUT2D eigenvalue weighted by Crippen LogP contribution is 2.30. The molecule has 0 radical (unpaired) electrons. The Balaban J connectivity index is 1.57. The number of H-pyrrole nitrogens is 1. The number of aromatic nitrogens is 4. The number of hydrogen-bond acceptors (Lipinski definition) is 4. The zero-order valence-corrected chi connectivity index (χ0v) is 14.1. The fraction of sp³-hybridized carbons (Fsp3) is 0.176. The van der Waals surface area contributed by atoms with Gasteiger partial charge in [-0.05, 0) is 30.2 Å². The number of nitrogens with two attached hydrogens (primary N) is 1. The first-order valence-corrected chi connectivity index (χ1v) is 8.06. The number of fused-ring (bicyclic) bond motifs is 1. The van der Waals surface area contributed by atoms with Crippen LogP contribution in [0.5, 0.6) is 0 Å². The van der Waals surface area contributed by atoms with Crippen LogP contribution in [0.2, 0.25) is 0 Å². The normalized spacial score (nSPS) is 12.9. The summed E-state index contributed by atoms with van der Waals surface area (Å²) in [4.78, 5) is 25.6. The molecular weight excluding hydrogens is 334 g/mol. The van der Waals surface area contributed by atoms with Gasteiger partial charge in [0.15, 0.2) is 0 Å². The summed E-state index contributed by atoms with van der Waals surface area (Å²) in [6.07, 6.45) is 5.66. The number of carbonyl (C=O) groups excluding carboxylic acids is 2. The summed E-state index contributed by atoms with van der Waals surface area (Å²) in [6.45, 7) is 0.551. The van der Waals surface area contributed by atoms with Crippen molar-refractivity contribution in [3.05, 3.63) is 47.9 Å². The van der Waals surface area contributed by atoms with Crippen LogP contribution in [0, 0.1) is 0 Å². The third-order valence-corrected chi connectivity index (χ3v) is 4.38. The molecule has 0 aliphatic carbocycles. The molecule has 0 spiro atoms. The monoisotopic (exact) mass is 351 g/mol. The summed E-state index contributed by atoms with van der Waals surface area (Å²) >= 11 is 0. The van der Waals surface area contributed by atoms with E-state index in [1.807, 2.05) is 6.07 Å². The molecule has 4 rings (SSSR count). The number of anilines is 2. The van der Waals surface area contributed by atoms with Crippen molar-refractivity contribution in [2.75, 3.05) is 16.8 Å². The lowest BCUT2D eigenvalue weighted by Gasteiger charge is -2.14. The maximum absolute atomic E-state index is 12.7. The van der Waals surface area contributed by atoms with Crippen molar-refractivity contribution < 1.29 is 9.59 Å². The van der Waals surface area contributed by atoms with E-state index in [1.54, 1.807) is 36.3 Å². The quantitative estimate of drug-likeness (QED) is 0.662. The van der Waals surface area contributed by atoms with Crippen molar-refractivity contribution >= 4 is 23.3 Å². The van der Waals surface area contributed by atoms with E-state index in [4.69, 9.17) is 5.73 Å². The summed E-state index contributed by atoms with van der Waals surface area (Å²) < 4.78 is 1.66. The molecule has 1 aromatic carbocycles. The number of hydrogen-bond donors (Lipinski definition) is 3. The molecule has 4 N–H and O–H groups in total. The third-order valence-electron chi connectivity index (χ3n) is 4.38. The van der Waals surface area contributed by atoms with Gasteiger partial charge in [-0.15, -0.1) is 0 Å². The summed E-state index contributed by atoms with van der Waals surface area (Å²) in [5, 5.41) is 13.8. The van der Waals surface area contributed by atoms with E-state index in [-0.39, 0.29) is 5.91 Å². The number of nitrogens with zero attached hydrogens (tertiary/aromatic N) is 4. The molecule has 3 amide bonds. The smallest absolute Gasteiger partial charge is 0.319 e. The molecule has 132 valence electrons. The number of aromatic amines is 1. The second kappa shape index (κ2) is 6.03. The average Bonchev–Trinajstić information content (AvgIpc) is 3.32. The van der Waals surface area contributed by atoms with E-state index in [2.05, 4.69) is 20.6 Å². The Morgan fingerprint density at radius 3 is 2.88 bits per heavy atom. The Labute approximate surface area is 148 Å². The first-order valence-electron chi connectivity index (χ1n) is 8.06. The molecule has 2 aromatic heterocycles. The van der Waals surface area contributed by atoms with Gasteiger partial charge in [-0.1, -0.05) is 0 Å². The molecule has 3 heterocycles. The predicted molar refractivity (Wildman–Crippen MR) is 95.8 cm³/mol. The van der Waals surface area contributed by atoms with Gasteiger partial charge in [0.1, 0.15) is 0 Å². The number of urea groups is 1. The van der Waals surface area contributed by atoms with Gasteiger partial charge >= 0.3 is 6.03 Å². The number of benzene rings is 1. The van der Waals surface area contributed by atoms with E-state index in [0.717, 1.165) is 16.8 Å². The summed E-state index contributed by atoms with van der Waals surface area (Å²) in [5.41, 5.74) is 9.60. The minimum Gasteiger partial charge on any atom is -0.351 e. The molecule has 0 saturated carbocycles. The van der Waals surface area contributed by atoms with E-state index < -0.39 is 6.03 Å².